The minimum atomic E-state index is -0.290. The van der Waals surface area contributed by atoms with Gasteiger partial charge in [0.05, 0.1) is 16.9 Å². The van der Waals surface area contributed by atoms with Crippen molar-refractivity contribution in [2.75, 3.05) is 23.3 Å². The Bertz CT molecular complexity index is 1220. The highest BCUT2D eigenvalue weighted by Gasteiger charge is 2.18. The van der Waals surface area contributed by atoms with Crippen LogP contribution in [0, 0.1) is 0 Å². The zero-order valence-electron chi connectivity index (χ0n) is 15.4. The van der Waals surface area contributed by atoms with Gasteiger partial charge in [0.2, 0.25) is 0 Å². The molecule has 1 aromatic carbocycles. The molecule has 4 aromatic rings. The molecule has 1 fully saturated rings. The lowest BCUT2D eigenvalue weighted by Crippen LogP contribution is -2.37. The van der Waals surface area contributed by atoms with Crippen LogP contribution in [0.25, 0.3) is 16.9 Å². The number of fused-ring (bicyclic) bond motifs is 1. The second-order valence-electron chi connectivity index (χ2n) is 6.81. The van der Waals surface area contributed by atoms with Crippen LogP contribution >= 0.6 is 11.6 Å². The van der Waals surface area contributed by atoms with Crippen LogP contribution in [0.5, 0.6) is 0 Å². The highest BCUT2D eigenvalue weighted by molar-refractivity contribution is 6.33. The van der Waals surface area contributed by atoms with Crippen LogP contribution in [0.4, 0.5) is 11.5 Å². The molecule has 1 saturated heterocycles. The Hall–Kier alpha value is -3.45. The van der Waals surface area contributed by atoms with Crippen LogP contribution in [0.3, 0.4) is 0 Å². The Morgan fingerprint density at radius 1 is 1.07 bits per heavy atom. The third-order valence-electron chi connectivity index (χ3n) is 4.93. The number of amides is 1. The molecular formula is C21H17ClN6O. The SMILES string of the molecule is O=C(Nc1ccnc(N2CCC2)c1)c1cnc2ccc(-c3ccccc3Cl)nn12. The van der Waals surface area contributed by atoms with Crippen molar-refractivity contribution in [1.29, 1.82) is 0 Å². The fraction of sp³-hybridized carbons (Fsp3) is 0.143. The van der Waals surface area contributed by atoms with E-state index >= 15 is 0 Å². The predicted molar refractivity (Wildman–Crippen MR) is 112 cm³/mol. The van der Waals surface area contributed by atoms with Crippen LogP contribution in [0.1, 0.15) is 16.9 Å². The second kappa shape index (κ2) is 7.18. The van der Waals surface area contributed by atoms with E-state index in [0.717, 1.165) is 24.5 Å². The van der Waals surface area contributed by atoms with Crippen molar-refractivity contribution in [2.24, 2.45) is 0 Å². The number of anilines is 2. The number of carbonyl (C=O) groups is 1. The summed E-state index contributed by atoms with van der Waals surface area (Å²) >= 11 is 6.30. The van der Waals surface area contributed by atoms with Gasteiger partial charge in [-0.2, -0.15) is 5.10 Å². The fourth-order valence-electron chi connectivity index (χ4n) is 3.25. The van der Waals surface area contributed by atoms with Gasteiger partial charge in [-0.25, -0.2) is 14.5 Å². The Morgan fingerprint density at radius 3 is 2.72 bits per heavy atom. The predicted octanol–water partition coefficient (Wildman–Crippen LogP) is 3.91. The van der Waals surface area contributed by atoms with Crippen molar-refractivity contribution in [1.82, 2.24) is 19.6 Å². The molecule has 0 bridgehead atoms. The maximum atomic E-state index is 12.9. The van der Waals surface area contributed by atoms with E-state index in [1.54, 1.807) is 12.3 Å². The highest BCUT2D eigenvalue weighted by atomic mass is 35.5. The number of benzene rings is 1. The molecule has 29 heavy (non-hydrogen) atoms. The molecular weight excluding hydrogens is 388 g/mol. The molecule has 1 aliphatic heterocycles. The number of aromatic nitrogens is 4. The van der Waals surface area contributed by atoms with Crippen molar-refractivity contribution in [3.8, 4) is 11.3 Å². The van der Waals surface area contributed by atoms with E-state index in [2.05, 4.69) is 25.3 Å². The molecule has 144 valence electrons. The van der Waals surface area contributed by atoms with Gasteiger partial charge in [0.25, 0.3) is 5.91 Å². The lowest BCUT2D eigenvalue weighted by molar-refractivity contribution is 0.102. The van der Waals surface area contributed by atoms with Crippen molar-refractivity contribution < 1.29 is 4.79 Å². The van der Waals surface area contributed by atoms with Gasteiger partial charge in [-0.05, 0) is 30.7 Å². The maximum Gasteiger partial charge on any atom is 0.276 e. The summed E-state index contributed by atoms with van der Waals surface area (Å²) < 4.78 is 1.53. The van der Waals surface area contributed by atoms with Gasteiger partial charge in [-0.15, -0.1) is 0 Å². The summed E-state index contributed by atoms with van der Waals surface area (Å²) in [4.78, 5) is 23.7. The number of nitrogens with zero attached hydrogens (tertiary/aromatic N) is 5. The van der Waals surface area contributed by atoms with Gasteiger partial charge in [-0.1, -0.05) is 29.8 Å². The average Bonchev–Trinajstić information content (AvgIpc) is 3.11. The molecule has 1 N–H and O–H groups in total. The highest BCUT2D eigenvalue weighted by Crippen LogP contribution is 2.26. The molecule has 5 rings (SSSR count). The second-order valence-corrected chi connectivity index (χ2v) is 7.22. The molecule has 1 amide bonds. The molecule has 8 heteroatoms. The molecule has 3 aromatic heterocycles. The largest absolute Gasteiger partial charge is 0.356 e. The first-order valence-corrected chi connectivity index (χ1v) is 9.69. The lowest BCUT2D eigenvalue weighted by atomic mass is 10.1. The lowest BCUT2D eigenvalue weighted by Gasteiger charge is -2.32. The molecule has 0 radical (unpaired) electrons. The summed E-state index contributed by atoms with van der Waals surface area (Å²) in [5.74, 6) is 0.577. The number of carbonyl (C=O) groups excluding carboxylic acids is 1. The first-order chi connectivity index (χ1) is 14.2. The van der Waals surface area contributed by atoms with Crippen LogP contribution in [0.2, 0.25) is 5.02 Å². The maximum absolute atomic E-state index is 12.9. The Balaban J connectivity index is 1.46. The summed E-state index contributed by atoms with van der Waals surface area (Å²) in [6, 6.07) is 14.8. The molecule has 0 atom stereocenters. The number of pyridine rings is 1. The third-order valence-corrected chi connectivity index (χ3v) is 5.26. The molecule has 0 saturated carbocycles. The summed E-state index contributed by atoms with van der Waals surface area (Å²) in [7, 11) is 0. The first kappa shape index (κ1) is 17.6. The molecule has 7 nitrogen and oxygen atoms in total. The number of hydrogen-bond acceptors (Lipinski definition) is 5. The number of imidazole rings is 1. The molecule has 0 spiro atoms. The smallest absolute Gasteiger partial charge is 0.276 e. The van der Waals surface area contributed by atoms with E-state index in [1.807, 2.05) is 42.5 Å². The number of hydrogen-bond donors (Lipinski definition) is 1. The minimum Gasteiger partial charge on any atom is -0.356 e. The van der Waals surface area contributed by atoms with E-state index in [9.17, 15) is 4.79 Å². The number of halogens is 1. The van der Waals surface area contributed by atoms with Gasteiger partial charge in [0.1, 0.15) is 5.82 Å². The Kier molecular flexibility index (Phi) is 4.37. The molecule has 4 heterocycles. The molecule has 0 unspecified atom stereocenters. The summed E-state index contributed by atoms with van der Waals surface area (Å²) in [5.41, 5.74) is 3.07. The quantitative estimate of drug-likeness (QED) is 0.558. The van der Waals surface area contributed by atoms with Crippen molar-refractivity contribution >= 4 is 34.7 Å². The zero-order valence-corrected chi connectivity index (χ0v) is 16.2. The minimum absolute atomic E-state index is 0.290. The Morgan fingerprint density at radius 2 is 1.93 bits per heavy atom. The summed E-state index contributed by atoms with van der Waals surface area (Å²) in [6.45, 7) is 1.98. The normalized spacial score (nSPS) is 13.3. The first-order valence-electron chi connectivity index (χ1n) is 9.31. The van der Waals surface area contributed by atoms with Gasteiger partial charge in [0.15, 0.2) is 11.3 Å². The van der Waals surface area contributed by atoms with E-state index < -0.39 is 0 Å². The molecule has 0 aliphatic carbocycles. The van der Waals surface area contributed by atoms with Crippen LogP contribution < -0.4 is 10.2 Å². The van der Waals surface area contributed by atoms with Crippen LogP contribution in [-0.2, 0) is 0 Å². The fourth-order valence-corrected chi connectivity index (χ4v) is 3.48. The van der Waals surface area contributed by atoms with Crippen molar-refractivity contribution in [3.05, 3.63) is 71.6 Å². The topological polar surface area (TPSA) is 75.4 Å². The van der Waals surface area contributed by atoms with E-state index in [4.69, 9.17) is 11.6 Å². The van der Waals surface area contributed by atoms with Crippen LogP contribution in [-0.4, -0.2) is 38.6 Å². The van der Waals surface area contributed by atoms with Gasteiger partial charge < -0.3 is 10.2 Å². The van der Waals surface area contributed by atoms with Gasteiger partial charge in [0, 0.05) is 36.6 Å². The van der Waals surface area contributed by atoms with E-state index in [-0.39, 0.29) is 5.91 Å². The van der Waals surface area contributed by atoms with E-state index in [1.165, 1.54) is 17.1 Å². The van der Waals surface area contributed by atoms with Crippen LogP contribution in [0.15, 0.2) is 60.9 Å². The monoisotopic (exact) mass is 404 g/mol. The van der Waals surface area contributed by atoms with Gasteiger partial charge >= 0.3 is 0 Å². The van der Waals surface area contributed by atoms with Crippen molar-refractivity contribution in [2.45, 2.75) is 6.42 Å². The molecule has 1 aliphatic rings. The number of nitrogens with one attached hydrogen (secondary N) is 1. The standard InChI is InChI=1S/C21H17ClN6O/c22-16-5-2-1-4-15(16)17-6-7-19-24-13-18(28(19)26-17)21(29)25-14-8-9-23-20(12-14)27-10-3-11-27/h1-2,4-9,12-13H,3,10-11H2,(H,23,25,29). The Labute approximate surface area is 172 Å². The summed E-state index contributed by atoms with van der Waals surface area (Å²) in [5, 5.41) is 8.10. The average molecular weight is 405 g/mol. The summed E-state index contributed by atoms with van der Waals surface area (Å²) in [6.07, 6.45) is 4.39. The zero-order chi connectivity index (χ0) is 19.8. The number of rotatable bonds is 4. The van der Waals surface area contributed by atoms with E-state index in [0.29, 0.717) is 27.7 Å². The van der Waals surface area contributed by atoms with Crippen molar-refractivity contribution in [3.63, 3.8) is 0 Å². The van der Waals surface area contributed by atoms with Gasteiger partial charge in [-0.3, -0.25) is 4.79 Å². The third kappa shape index (κ3) is 3.30.